The fraction of sp³-hybridized carbons (Fsp3) is 0.188. The van der Waals surface area contributed by atoms with E-state index < -0.39 is 0 Å². The predicted octanol–water partition coefficient (Wildman–Crippen LogP) is 3.33. The number of nitrogens with one attached hydrogen (secondary N) is 1. The zero-order valence-corrected chi connectivity index (χ0v) is 12.4. The van der Waals surface area contributed by atoms with Crippen molar-refractivity contribution in [3.05, 3.63) is 58.1 Å². The van der Waals surface area contributed by atoms with Crippen molar-refractivity contribution in [1.29, 1.82) is 0 Å². The molecule has 0 fully saturated rings. The number of amides is 1. The van der Waals surface area contributed by atoms with Crippen LogP contribution in [0.15, 0.2) is 46.9 Å². The number of anilines is 2. The second kappa shape index (κ2) is 4.35. The van der Waals surface area contributed by atoms with E-state index >= 15 is 0 Å². The average molecular weight is 329 g/mol. The normalized spacial score (nSPS) is 19.8. The van der Waals surface area contributed by atoms with Crippen molar-refractivity contribution in [1.82, 2.24) is 0 Å². The highest BCUT2D eigenvalue weighted by molar-refractivity contribution is 9.10. The monoisotopic (exact) mass is 328 g/mol. The third-order valence-electron chi connectivity index (χ3n) is 4.08. The molecule has 4 heteroatoms. The summed E-state index contributed by atoms with van der Waals surface area (Å²) in [6.45, 7) is 0.789. The van der Waals surface area contributed by atoms with E-state index in [1.807, 2.05) is 18.2 Å². The number of nitrogens with zero attached hydrogens (tertiary/aromatic N) is 1. The minimum absolute atomic E-state index is 0.0920. The van der Waals surface area contributed by atoms with Gasteiger partial charge in [-0.25, -0.2) is 0 Å². The van der Waals surface area contributed by atoms with Crippen LogP contribution in [0.1, 0.15) is 11.1 Å². The molecule has 0 saturated heterocycles. The van der Waals surface area contributed by atoms with Gasteiger partial charge in [-0.3, -0.25) is 4.79 Å². The van der Waals surface area contributed by atoms with Crippen LogP contribution in [0, 0.1) is 0 Å². The Labute approximate surface area is 125 Å². The van der Waals surface area contributed by atoms with Crippen molar-refractivity contribution in [2.75, 3.05) is 10.2 Å². The molecule has 0 aliphatic carbocycles. The number of hydrogen-bond donors (Lipinski definition) is 1. The second-order valence-electron chi connectivity index (χ2n) is 5.27. The molecule has 1 atom stereocenters. The first-order chi connectivity index (χ1) is 9.72. The molecule has 1 N–H and O–H groups in total. The van der Waals surface area contributed by atoms with E-state index in [2.05, 4.69) is 50.4 Å². The van der Waals surface area contributed by atoms with Crippen LogP contribution in [0.3, 0.4) is 0 Å². The summed E-state index contributed by atoms with van der Waals surface area (Å²) in [5.74, 6) is 0.0920. The van der Waals surface area contributed by atoms with Gasteiger partial charge in [0.1, 0.15) is 6.04 Å². The van der Waals surface area contributed by atoms with Gasteiger partial charge in [0.05, 0.1) is 11.4 Å². The van der Waals surface area contributed by atoms with Gasteiger partial charge < -0.3 is 10.2 Å². The highest BCUT2D eigenvalue weighted by atomic mass is 79.9. The summed E-state index contributed by atoms with van der Waals surface area (Å²) in [4.78, 5) is 14.5. The summed E-state index contributed by atoms with van der Waals surface area (Å²) in [5.41, 5.74) is 4.58. The maximum absolute atomic E-state index is 12.3. The van der Waals surface area contributed by atoms with Crippen LogP contribution in [0.2, 0.25) is 0 Å². The first kappa shape index (κ1) is 12.0. The lowest BCUT2D eigenvalue weighted by Crippen LogP contribution is -2.51. The quantitative estimate of drug-likeness (QED) is 0.804. The highest BCUT2D eigenvalue weighted by Crippen LogP contribution is 2.38. The van der Waals surface area contributed by atoms with E-state index in [1.54, 1.807) is 0 Å². The second-order valence-corrected chi connectivity index (χ2v) is 6.18. The Hall–Kier alpha value is -1.81. The van der Waals surface area contributed by atoms with E-state index in [4.69, 9.17) is 0 Å². The first-order valence-corrected chi connectivity index (χ1v) is 7.45. The fourth-order valence-corrected chi connectivity index (χ4v) is 3.42. The molecule has 0 spiro atoms. The Morgan fingerprint density at radius 3 is 2.80 bits per heavy atom. The lowest BCUT2D eigenvalue weighted by atomic mass is 9.91. The van der Waals surface area contributed by atoms with Crippen LogP contribution in [0.4, 0.5) is 11.4 Å². The van der Waals surface area contributed by atoms with Gasteiger partial charge in [-0.2, -0.15) is 0 Å². The summed E-state index contributed by atoms with van der Waals surface area (Å²) < 4.78 is 1.03. The SMILES string of the molecule is O=C1Nc2ccc(Br)cc2N2Cc3ccccc3CC12. The van der Waals surface area contributed by atoms with Crippen molar-refractivity contribution in [3.8, 4) is 0 Å². The first-order valence-electron chi connectivity index (χ1n) is 6.66. The van der Waals surface area contributed by atoms with Gasteiger partial charge in [-0.1, -0.05) is 40.2 Å². The number of fused-ring (bicyclic) bond motifs is 4. The Balaban J connectivity index is 1.84. The Morgan fingerprint density at radius 2 is 1.95 bits per heavy atom. The van der Waals surface area contributed by atoms with E-state index in [0.29, 0.717) is 0 Å². The Morgan fingerprint density at radius 1 is 1.15 bits per heavy atom. The standard InChI is InChI=1S/C16H13BrN2O/c17-12-5-6-13-14(8-12)19-9-11-4-2-1-3-10(11)7-15(19)16(20)18-13/h1-6,8,15H,7,9H2,(H,18,20). The van der Waals surface area contributed by atoms with Crippen molar-refractivity contribution in [3.63, 3.8) is 0 Å². The number of hydrogen-bond acceptors (Lipinski definition) is 2. The van der Waals surface area contributed by atoms with Crippen LogP contribution in [0.25, 0.3) is 0 Å². The molecule has 2 aromatic rings. The van der Waals surface area contributed by atoms with Crippen LogP contribution in [-0.2, 0) is 17.8 Å². The third-order valence-corrected chi connectivity index (χ3v) is 4.57. The third kappa shape index (κ3) is 1.75. The lowest BCUT2D eigenvalue weighted by molar-refractivity contribution is -0.117. The summed E-state index contributed by atoms with van der Waals surface area (Å²) in [6, 6.07) is 14.3. The minimum atomic E-state index is -0.105. The fourth-order valence-electron chi connectivity index (χ4n) is 3.07. The van der Waals surface area contributed by atoms with Gasteiger partial charge in [0, 0.05) is 17.4 Å². The van der Waals surface area contributed by atoms with E-state index in [1.165, 1.54) is 11.1 Å². The van der Waals surface area contributed by atoms with Crippen molar-refractivity contribution in [2.24, 2.45) is 0 Å². The minimum Gasteiger partial charge on any atom is -0.353 e. The molecule has 20 heavy (non-hydrogen) atoms. The van der Waals surface area contributed by atoms with Gasteiger partial charge in [-0.05, 0) is 29.3 Å². The Bertz CT molecular complexity index is 713. The van der Waals surface area contributed by atoms with Gasteiger partial charge in [0.15, 0.2) is 0 Å². The van der Waals surface area contributed by atoms with Crippen molar-refractivity contribution < 1.29 is 4.79 Å². The van der Waals surface area contributed by atoms with Crippen LogP contribution in [-0.4, -0.2) is 11.9 Å². The molecule has 100 valence electrons. The molecular weight excluding hydrogens is 316 g/mol. The van der Waals surface area contributed by atoms with Crippen LogP contribution in [0.5, 0.6) is 0 Å². The van der Waals surface area contributed by atoms with Crippen molar-refractivity contribution >= 4 is 33.2 Å². The molecular formula is C16H13BrN2O. The molecule has 0 bridgehead atoms. The van der Waals surface area contributed by atoms with Crippen LogP contribution >= 0.6 is 15.9 Å². The topological polar surface area (TPSA) is 32.3 Å². The average Bonchev–Trinajstić information content (AvgIpc) is 2.47. The molecule has 4 rings (SSSR count). The number of carbonyl (C=O) groups excluding carboxylic acids is 1. The molecule has 2 aliphatic rings. The van der Waals surface area contributed by atoms with Crippen LogP contribution < -0.4 is 10.2 Å². The molecule has 0 aromatic heterocycles. The number of benzene rings is 2. The molecule has 2 aromatic carbocycles. The van der Waals surface area contributed by atoms with Gasteiger partial charge in [0.25, 0.3) is 0 Å². The lowest BCUT2D eigenvalue weighted by Gasteiger charge is -2.41. The molecule has 1 unspecified atom stereocenters. The number of rotatable bonds is 0. The van der Waals surface area contributed by atoms with E-state index in [0.717, 1.165) is 28.8 Å². The molecule has 0 radical (unpaired) electrons. The molecule has 1 amide bonds. The number of halogens is 1. The van der Waals surface area contributed by atoms with E-state index in [9.17, 15) is 4.79 Å². The number of carbonyl (C=O) groups is 1. The highest BCUT2D eigenvalue weighted by Gasteiger charge is 2.36. The van der Waals surface area contributed by atoms with Gasteiger partial charge in [-0.15, -0.1) is 0 Å². The molecule has 3 nitrogen and oxygen atoms in total. The largest absolute Gasteiger partial charge is 0.353 e. The summed E-state index contributed by atoms with van der Waals surface area (Å²) >= 11 is 3.51. The Kier molecular flexibility index (Phi) is 2.60. The zero-order chi connectivity index (χ0) is 13.7. The maximum atomic E-state index is 12.3. The summed E-state index contributed by atoms with van der Waals surface area (Å²) in [6.07, 6.45) is 0.772. The predicted molar refractivity (Wildman–Crippen MR) is 82.9 cm³/mol. The van der Waals surface area contributed by atoms with Gasteiger partial charge in [0.2, 0.25) is 5.91 Å². The van der Waals surface area contributed by atoms with Crippen molar-refractivity contribution in [2.45, 2.75) is 19.0 Å². The summed E-state index contributed by atoms with van der Waals surface area (Å²) in [5, 5.41) is 3.02. The van der Waals surface area contributed by atoms with E-state index in [-0.39, 0.29) is 11.9 Å². The van der Waals surface area contributed by atoms with Gasteiger partial charge >= 0.3 is 0 Å². The zero-order valence-electron chi connectivity index (χ0n) is 10.8. The molecule has 0 saturated carbocycles. The molecule has 2 heterocycles. The smallest absolute Gasteiger partial charge is 0.247 e. The molecule has 2 aliphatic heterocycles. The summed E-state index contributed by atoms with van der Waals surface area (Å²) in [7, 11) is 0. The maximum Gasteiger partial charge on any atom is 0.247 e.